The number of carbonyl (C=O) groups is 1. The van der Waals surface area contributed by atoms with Gasteiger partial charge in [-0.15, -0.1) is 0 Å². The van der Waals surface area contributed by atoms with Crippen molar-refractivity contribution < 1.29 is 14.1 Å². The van der Waals surface area contributed by atoms with Crippen molar-refractivity contribution in [2.24, 2.45) is 0 Å². The third-order valence-corrected chi connectivity index (χ3v) is 5.59. The lowest BCUT2D eigenvalue weighted by atomic mass is 10.4. The second-order valence-electron chi connectivity index (χ2n) is 3.83. The third-order valence-electron chi connectivity index (χ3n) is 2.53. The molecule has 0 aromatic rings. The predicted molar refractivity (Wildman–Crippen MR) is 55.4 cm³/mol. The van der Waals surface area contributed by atoms with E-state index in [0.29, 0.717) is 0 Å². The van der Waals surface area contributed by atoms with Crippen LogP contribution in [0.2, 0.25) is 0 Å². The van der Waals surface area contributed by atoms with Crippen molar-refractivity contribution in [3.05, 3.63) is 0 Å². The van der Waals surface area contributed by atoms with E-state index in [1.165, 1.54) is 7.11 Å². The first-order valence-electron chi connectivity index (χ1n) is 5.04. The van der Waals surface area contributed by atoms with Crippen LogP contribution >= 0.6 is 7.59 Å². The van der Waals surface area contributed by atoms with Crippen LogP contribution in [0.4, 0.5) is 0 Å². The highest BCUT2D eigenvalue weighted by Crippen LogP contribution is 2.56. The molecule has 2 fully saturated rings. The second-order valence-corrected chi connectivity index (χ2v) is 6.30. The highest BCUT2D eigenvalue weighted by atomic mass is 31.2. The average Bonchev–Trinajstić information content (AvgIpc) is 3.08. The van der Waals surface area contributed by atoms with Gasteiger partial charge in [-0.25, -0.2) is 14.4 Å². The molecule has 6 nitrogen and oxygen atoms in total. The topological polar surface area (TPSA) is 61.4 Å². The van der Waals surface area contributed by atoms with E-state index >= 15 is 0 Å². The number of ether oxygens (including phenoxy) is 1. The largest absolute Gasteiger partial charge is 0.468 e. The summed E-state index contributed by atoms with van der Waals surface area (Å²) in [4.78, 5) is 11.2. The van der Waals surface area contributed by atoms with Crippen molar-refractivity contribution in [3.8, 4) is 0 Å². The van der Waals surface area contributed by atoms with Crippen LogP contribution in [0.1, 0.15) is 6.92 Å². The minimum Gasteiger partial charge on any atom is -0.468 e. The molecule has 2 saturated heterocycles. The van der Waals surface area contributed by atoms with Crippen molar-refractivity contribution >= 4 is 13.6 Å². The number of rotatable bonds is 5. The summed E-state index contributed by atoms with van der Waals surface area (Å²) in [7, 11) is -1.31. The molecule has 2 rings (SSSR count). The Morgan fingerprint density at radius 2 is 1.80 bits per heavy atom. The first kappa shape index (κ1) is 11.1. The summed E-state index contributed by atoms with van der Waals surface area (Å²) < 4.78 is 20.8. The van der Waals surface area contributed by atoms with Crippen molar-refractivity contribution in [2.75, 3.05) is 33.3 Å². The molecule has 0 spiro atoms. The molecule has 7 heteroatoms. The van der Waals surface area contributed by atoms with Gasteiger partial charge in [0.15, 0.2) is 0 Å². The molecule has 1 atom stereocenters. The van der Waals surface area contributed by atoms with Crippen molar-refractivity contribution in [2.45, 2.75) is 13.0 Å². The van der Waals surface area contributed by atoms with Crippen LogP contribution in [0.5, 0.6) is 0 Å². The first-order chi connectivity index (χ1) is 7.08. The van der Waals surface area contributed by atoms with Gasteiger partial charge in [0.25, 0.3) is 7.59 Å². The van der Waals surface area contributed by atoms with Gasteiger partial charge in [-0.05, 0) is 6.92 Å². The number of hydrogen-bond acceptors (Lipinski definition) is 3. The van der Waals surface area contributed by atoms with Crippen molar-refractivity contribution in [3.63, 3.8) is 0 Å². The normalized spacial score (nSPS) is 23.6. The Labute approximate surface area is 89.1 Å². The van der Waals surface area contributed by atoms with Gasteiger partial charge in [0.2, 0.25) is 0 Å². The van der Waals surface area contributed by atoms with E-state index < -0.39 is 13.6 Å². The van der Waals surface area contributed by atoms with E-state index in [1.54, 1.807) is 6.92 Å². The maximum Gasteiger partial charge on any atom is 0.323 e. The molecule has 0 radical (unpaired) electrons. The average molecular weight is 233 g/mol. The Morgan fingerprint density at radius 1 is 1.33 bits per heavy atom. The van der Waals surface area contributed by atoms with Crippen molar-refractivity contribution in [1.82, 2.24) is 14.4 Å². The smallest absolute Gasteiger partial charge is 0.323 e. The number of nitrogens with zero attached hydrogens (tertiary/aromatic N) is 2. The Morgan fingerprint density at radius 3 is 2.13 bits per heavy atom. The number of esters is 1. The summed E-state index contributed by atoms with van der Waals surface area (Å²) >= 11 is 0. The number of hydrogen-bond donors (Lipinski definition) is 1. The lowest BCUT2D eigenvalue weighted by Crippen LogP contribution is -2.36. The number of carbonyl (C=O) groups excluding carboxylic acids is 1. The zero-order valence-corrected chi connectivity index (χ0v) is 9.87. The molecule has 2 aliphatic heterocycles. The standard InChI is InChI=1S/C8H16N3O3P/c1-7(8(12)14-2)9-15(13,10-3-4-10)11-5-6-11/h7H,3-6H2,1-2H3,(H,9,13)/t7-/m0/s1. The molecule has 2 aliphatic rings. The van der Waals surface area contributed by atoms with Crippen LogP contribution < -0.4 is 5.09 Å². The summed E-state index contributed by atoms with van der Waals surface area (Å²) in [5, 5.41) is 2.90. The maximum atomic E-state index is 12.5. The summed E-state index contributed by atoms with van der Waals surface area (Å²) in [5.41, 5.74) is 0. The van der Waals surface area contributed by atoms with Gasteiger partial charge in [-0.1, -0.05) is 0 Å². The fourth-order valence-electron chi connectivity index (χ4n) is 1.46. The zero-order chi connectivity index (χ0) is 11.1. The summed E-state index contributed by atoms with van der Waals surface area (Å²) in [6.07, 6.45) is 0. The Bertz CT molecular complexity index is 298. The zero-order valence-electron chi connectivity index (χ0n) is 8.97. The van der Waals surface area contributed by atoms with Crippen LogP contribution in [0.3, 0.4) is 0 Å². The second kappa shape index (κ2) is 3.87. The van der Waals surface area contributed by atoms with Gasteiger partial charge in [-0.2, -0.15) is 0 Å². The van der Waals surface area contributed by atoms with E-state index in [1.807, 2.05) is 9.34 Å². The number of methoxy groups -OCH3 is 1. The molecule has 86 valence electrons. The predicted octanol–water partition coefficient (Wildman–Crippen LogP) is -0.123. The van der Waals surface area contributed by atoms with Crippen LogP contribution in [-0.4, -0.2) is 54.6 Å². The summed E-state index contributed by atoms with van der Waals surface area (Å²) in [6, 6.07) is -0.526. The molecule has 0 unspecified atom stereocenters. The van der Waals surface area contributed by atoms with E-state index in [2.05, 4.69) is 9.82 Å². The van der Waals surface area contributed by atoms with Gasteiger partial charge in [0.1, 0.15) is 6.04 Å². The maximum absolute atomic E-state index is 12.5. The number of nitrogens with one attached hydrogen (secondary N) is 1. The van der Waals surface area contributed by atoms with Crippen LogP contribution in [-0.2, 0) is 14.1 Å². The highest BCUT2D eigenvalue weighted by Gasteiger charge is 2.49. The lowest BCUT2D eigenvalue weighted by Gasteiger charge is -2.23. The molecule has 0 aliphatic carbocycles. The monoisotopic (exact) mass is 233 g/mol. The third kappa shape index (κ3) is 2.23. The molecule has 2 heterocycles. The highest BCUT2D eigenvalue weighted by molar-refractivity contribution is 7.57. The van der Waals surface area contributed by atoms with Gasteiger partial charge in [0, 0.05) is 26.2 Å². The Kier molecular flexibility index (Phi) is 2.85. The van der Waals surface area contributed by atoms with E-state index in [4.69, 9.17) is 0 Å². The molecule has 1 N–H and O–H groups in total. The van der Waals surface area contributed by atoms with Crippen LogP contribution in [0, 0.1) is 0 Å². The lowest BCUT2D eigenvalue weighted by molar-refractivity contribution is -0.142. The van der Waals surface area contributed by atoms with Gasteiger partial charge >= 0.3 is 5.97 Å². The van der Waals surface area contributed by atoms with E-state index in [-0.39, 0.29) is 5.97 Å². The molecule has 0 saturated carbocycles. The fraction of sp³-hybridized carbons (Fsp3) is 0.875. The summed E-state index contributed by atoms with van der Waals surface area (Å²) in [5.74, 6) is -0.376. The van der Waals surface area contributed by atoms with Crippen LogP contribution in [0.25, 0.3) is 0 Å². The van der Waals surface area contributed by atoms with Gasteiger partial charge in [0.05, 0.1) is 7.11 Å². The molecule has 15 heavy (non-hydrogen) atoms. The molecule has 0 bridgehead atoms. The molecule has 0 aromatic heterocycles. The molecule has 0 amide bonds. The molecular weight excluding hydrogens is 217 g/mol. The minimum atomic E-state index is -2.65. The van der Waals surface area contributed by atoms with Gasteiger partial charge in [-0.3, -0.25) is 9.36 Å². The van der Waals surface area contributed by atoms with Crippen LogP contribution in [0.15, 0.2) is 0 Å². The molecular formula is C8H16N3O3P. The molecule has 0 aromatic carbocycles. The SMILES string of the molecule is COC(=O)[C@H](C)NP(=O)(N1CC1)N1CC1. The van der Waals surface area contributed by atoms with E-state index in [9.17, 15) is 9.36 Å². The Hall–Kier alpha value is -0.420. The van der Waals surface area contributed by atoms with E-state index in [0.717, 1.165) is 26.2 Å². The first-order valence-corrected chi connectivity index (χ1v) is 6.65. The van der Waals surface area contributed by atoms with Crippen molar-refractivity contribution in [1.29, 1.82) is 0 Å². The van der Waals surface area contributed by atoms with Gasteiger partial charge < -0.3 is 4.74 Å². The fourth-order valence-corrected chi connectivity index (χ4v) is 4.01. The minimum absolute atomic E-state index is 0.376. The summed E-state index contributed by atoms with van der Waals surface area (Å²) in [6.45, 7) is 5.04. The quantitative estimate of drug-likeness (QED) is 0.406. The Balaban J connectivity index is 2.00.